The number of pyridine rings is 1. The van der Waals surface area contributed by atoms with Gasteiger partial charge in [0.25, 0.3) is 0 Å². The molecule has 1 aliphatic carbocycles. The summed E-state index contributed by atoms with van der Waals surface area (Å²) in [6, 6.07) is 2.35. The van der Waals surface area contributed by atoms with Gasteiger partial charge in [-0.3, -0.25) is 4.79 Å². The second kappa shape index (κ2) is 3.30. The Morgan fingerprint density at radius 1 is 1.50 bits per heavy atom. The minimum absolute atomic E-state index is 0.000765. The molecule has 0 aliphatic heterocycles. The van der Waals surface area contributed by atoms with Gasteiger partial charge in [0.05, 0.1) is 12.7 Å². The highest BCUT2D eigenvalue weighted by molar-refractivity contribution is 5.75. The molecule has 16 heavy (non-hydrogen) atoms. The van der Waals surface area contributed by atoms with Gasteiger partial charge in [-0.25, -0.2) is 9.97 Å². The van der Waals surface area contributed by atoms with Gasteiger partial charge in [0.15, 0.2) is 5.65 Å². The molecule has 0 aromatic carbocycles. The molecule has 0 radical (unpaired) electrons. The predicted octanol–water partition coefficient (Wildman–Crippen LogP) is 1.39. The normalized spacial score (nSPS) is 15.5. The van der Waals surface area contributed by atoms with Crippen LogP contribution in [0.2, 0.25) is 0 Å². The van der Waals surface area contributed by atoms with E-state index in [0.29, 0.717) is 11.6 Å². The highest BCUT2D eigenvalue weighted by Gasteiger charge is 2.25. The summed E-state index contributed by atoms with van der Waals surface area (Å²) in [5, 5.41) is 8.69. The molecule has 2 heterocycles. The van der Waals surface area contributed by atoms with E-state index in [2.05, 4.69) is 14.5 Å². The molecular weight excluding hydrogens is 206 g/mol. The van der Waals surface area contributed by atoms with Crippen LogP contribution in [0.25, 0.3) is 11.2 Å². The number of nitrogens with zero attached hydrogens (tertiary/aromatic N) is 3. The van der Waals surface area contributed by atoms with E-state index in [4.69, 9.17) is 5.11 Å². The number of aromatic nitrogens is 3. The monoisotopic (exact) mass is 217 g/mol. The molecule has 5 heteroatoms. The van der Waals surface area contributed by atoms with Crippen LogP contribution in [0.15, 0.2) is 18.6 Å². The molecule has 0 amide bonds. The molecule has 0 saturated heterocycles. The van der Waals surface area contributed by atoms with E-state index >= 15 is 0 Å². The zero-order chi connectivity index (χ0) is 11.1. The molecule has 2 aromatic rings. The first-order valence-corrected chi connectivity index (χ1v) is 5.27. The van der Waals surface area contributed by atoms with Gasteiger partial charge in [0.1, 0.15) is 5.52 Å². The summed E-state index contributed by atoms with van der Waals surface area (Å²) in [5.41, 5.74) is 2.34. The maximum absolute atomic E-state index is 10.6. The first-order chi connectivity index (χ1) is 7.74. The van der Waals surface area contributed by atoms with E-state index in [-0.39, 0.29) is 6.42 Å². The Morgan fingerprint density at radius 3 is 3.00 bits per heavy atom. The number of imidazole rings is 1. The fourth-order valence-corrected chi connectivity index (χ4v) is 1.85. The van der Waals surface area contributed by atoms with Crippen LogP contribution in [0, 0.1) is 0 Å². The van der Waals surface area contributed by atoms with E-state index in [9.17, 15) is 4.79 Å². The lowest BCUT2D eigenvalue weighted by atomic mass is 10.2. The second-order valence-corrected chi connectivity index (χ2v) is 4.14. The first-order valence-electron chi connectivity index (χ1n) is 5.27. The summed E-state index contributed by atoms with van der Waals surface area (Å²) in [6.07, 6.45) is 5.78. The lowest BCUT2D eigenvalue weighted by Crippen LogP contribution is -2.01. The van der Waals surface area contributed by atoms with Gasteiger partial charge in [0, 0.05) is 12.2 Å². The van der Waals surface area contributed by atoms with E-state index in [1.165, 1.54) is 12.8 Å². The van der Waals surface area contributed by atoms with Crippen LogP contribution in [0.1, 0.15) is 24.4 Å². The average Bonchev–Trinajstić information content (AvgIpc) is 2.98. The zero-order valence-corrected chi connectivity index (χ0v) is 8.63. The van der Waals surface area contributed by atoms with Gasteiger partial charge in [-0.05, 0) is 24.5 Å². The third kappa shape index (κ3) is 1.54. The summed E-state index contributed by atoms with van der Waals surface area (Å²) in [4.78, 5) is 19.1. The second-order valence-electron chi connectivity index (χ2n) is 4.14. The van der Waals surface area contributed by atoms with Crippen molar-refractivity contribution in [3.8, 4) is 0 Å². The van der Waals surface area contributed by atoms with Crippen molar-refractivity contribution < 1.29 is 9.90 Å². The van der Waals surface area contributed by atoms with Gasteiger partial charge >= 0.3 is 5.97 Å². The zero-order valence-electron chi connectivity index (χ0n) is 8.63. The predicted molar refractivity (Wildman–Crippen MR) is 57.1 cm³/mol. The number of fused-ring (bicyclic) bond motifs is 1. The van der Waals surface area contributed by atoms with Gasteiger partial charge < -0.3 is 9.67 Å². The third-order valence-electron chi connectivity index (χ3n) is 2.77. The summed E-state index contributed by atoms with van der Waals surface area (Å²) in [5.74, 6) is -0.845. The molecule has 1 saturated carbocycles. The number of hydrogen-bond acceptors (Lipinski definition) is 3. The Morgan fingerprint density at radius 2 is 2.31 bits per heavy atom. The van der Waals surface area contributed by atoms with Crippen molar-refractivity contribution in [2.45, 2.75) is 25.3 Å². The molecule has 1 aliphatic rings. The minimum Gasteiger partial charge on any atom is -0.481 e. The van der Waals surface area contributed by atoms with E-state index in [0.717, 1.165) is 11.2 Å². The van der Waals surface area contributed by atoms with Gasteiger partial charge in [-0.1, -0.05) is 0 Å². The number of hydrogen-bond donors (Lipinski definition) is 1. The van der Waals surface area contributed by atoms with Crippen LogP contribution in [0.5, 0.6) is 0 Å². The van der Waals surface area contributed by atoms with Crippen LogP contribution >= 0.6 is 0 Å². The Labute approximate surface area is 91.7 Å². The van der Waals surface area contributed by atoms with Crippen LogP contribution in [-0.2, 0) is 11.2 Å². The Balaban J connectivity index is 2.02. The molecule has 1 N–H and O–H groups in total. The molecular formula is C11H11N3O2. The SMILES string of the molecule is O=C(O)Cc1cnc2c(c1)ncn2C1CC1. The highest BCUT2D eigenvalue weighted by Crippen LogP contribution is 2.36. The van der Waals surface area contributed by atoms with Gasteiger partial charge in [0.2, 0.25) is 0 Å². The summed E-state index contributed by atoms with van der Waals surface area (Å²) in [7, 11) is 0. The lowest BCUT2D eigenvalue weighted by Gasteiger charge is -2.00. The first kappa shape index (κ1) is 9.33. The van der Waals surface area contributed by atoms with E-state index in [1.807, 2.05) is 0 Å². The highest BCUT2D eigenvalue weighted by atomic mass is 16.4. The van der Waals surface area contributed by atoms with Crippen LogP contribution in [0.3, 0.4) is 0 Å². The fraction of sp³-hybridized carbons (Fsp3) is 0.364. The van der Waals surface area contributed by atoms with Crippen molar-refractivity contribution in [1.29, 1.82) is 0 Å². The number of aliphatic carboxylic acids is 1. The van der Waals surface area contributed by atoms with Crippen molar-refractivity contribution in [3.05, 3.63) is 24.2 Å². The smallest absolute Gasteiger partial charge is 0.307 e. The number of carboxylic acid groups (broad SMARTS) is 1. The van der Waals surface area contributed by atoms with Crippen LogP contribution in [-0.4, -0.2) is 25.6 Å². The van der Waals surface area contributed by atoms with Crippen molar-refractivity contribution in [3.63, 3.8) is 0 Å². The molecule has 3 rings (SSSR count). The summed E-state index contributed by atoms with van der Waals surface area (Å²) >= 11 is 0. The minimum atomic E-state index is -0.845. The number of carboxylic acids is 1. The summed E-state index contributed by atoms with van der Waals surface area (Å²) < 4.78 is 2.07. The Kier molecular flexibility index (Phi) is 1.92. The average molecular weight is 217 g/mol. The molecule has 5 nitrogen and oxygen atoms in total. The van der Waals surface area contributed by atoms with Gasteiger partial charge in [-0.15, -0.1) is 0 Å². The standard InChI is InChI=1S/C11H11N3O2/c15-10(16)4-7-3-9-11(12-5-7)14(6-13-9)8-1-2-8/h3,5-6,8H,1-2,4H2,(H,15,16). The molecule has 0 bridgehead atoms. The Bertz CT molecular complexity index is 557. The maximum atomic E-state index is 10.6. The van der Waals surface area contributed by atoms with Crippen molar-refractivity contribution in [1.82, 2.24) is 14.5 Å². The van der Waals surface area contributed by atoms with Gasteiger partial charge in [-0.2, -0.15) is 0 Å². The quantitative estimate of drug-likeness (QED) is 0.843. The molecule has 0 spiro atoms. The van der Waals surface area contributed by atoms with Crippen LogP contribution < -0.4 is 0 Å². The van der Waals surface area contributed by atoms with E-state index in [1.54, 1.807) is 18.6 Å². The topological polar surface area (TPSA) is 68.0 Å². The molecule has 2 aromatic heterocycles. The Hall–Kier alpha value is -1.91. The lowest BCUT2D eigenvalue weighted by molar-refractivity contribution is -0.136. The molecule has 82 valence electrons. The number of rotatable bonds is 3. The van der Waals surface area contributed by atoms with Crippen LogP contribution in [0.4, 0.5) is 0 Å². The number of carbonyl (C=O) groups is 1. The fourth-order valence-electron chi connectivity index (χ4n) is 1.85. The van der Waals surface area contributed by atoms with Crippen molar-refractivity contribution in [2.24, 2.45) is 0 Å². The van der Waals surface area contributed by atoms with E-state index < -0.39 is 5.97 Å². The summed E-state index contributed by atoms with van der Waals surface area (Å²) in [6.45, 7) is 0. The van der Waals surface area contributed by atoms with Crippen molar-refractivity contribution in [2.75, 3.05) is 0 Å². The molecule has 1 fully saturated rings. The van der Waals surface area contributed by atoms with Crippen molar-refractivity contribution >= 4 is 17.1 Å². The molecule has 0 unspecified atom stereocenters. The maximum Gasteiger partial charge on any atom is 0.307 e. The molecule has 0 atom stereocenters. The largest absolute Gasteiger partial charge is 0.481 e. The third-order valence-corrected chi connectivity index (χ3v) is 2.77.